The minimum Gasteiger partial charge on any atom is -0.278 e. The topological polar surface area (TPSA) is 46.2 Å². The lowest BCUT2D eigenvalue weighted by Gasteiger charge is -2.14. The predicted octanol–water partition coefficient (Wildman–Crippen LogP) is 6.62. The average Bonchev–Trinajstić information content (AvgIpc) is 2.92. The smallest absolute Gasteiger partial charge is 0.263 e. The van der Waals surface area contributed by atoms with Crippen LogP contribution >= 0.6 is 46.1 Å². The largest absolute Gasteiger partial charge is 0.278 e. The van der Waals surface area contributed by atoms with Gasteiger partial charge in [0.1, 0.15) is 10.7 Å². The maximum Gasteiger partial charge on any atom is 0.263 e. The van der Waals surface area contributed by atoms with E-state index in [2.05, 4.69) is 4.72 Å². The number of halogens is 4. The van der Waals surface area contributed by atoms with Crippen molar-refractivity contribution in [2.45, 2.75) is 11.8 Å². The molecule has 0 amide bonds. The van der Waals surface area contributed by atoms with E-state index < -0.39 is 15.8 Å². The molecule has 3 rings (SSSR count). The zero-order valence-electron chi connectivity index (χ0n) is 13.2. The second-order valence-electron chi connectivity index (χ2n) is 5.43. The highest BCUT2D eigenvalue weighted by Gasteiger charge is 2.24. The van der Waals surface area contributed by atoms with E-state index >= 15 is 0 Å². The van der Waals surface area contributed by atoms with Crippen molar-refractivity contribution in [2.75, 3.05) is 4.72 Å². The van der Waals surface area contributed by atoms with Crippen LogP contribution in [0.2, 0.25) is 15.1 Å². The fourth-order valence-electron chi connectivity index (χ4n) is 2.55. The molecule has 0 radical (unpaired) electrons. The second-order valence-corrected chi connectivity index (χ2v) is 9.05. The van der Waals surface area contributed by atoms with Crippen molar-refractivity contribution in [1.82, 2.24) is 0 Å². The summed E-state index contributed by atoms with van der Waals surface area (Å²) in [5, 5.41) is 3.71. The fourth-order valence-corrected chi connectivity index (χ4v) is 5.92. The first-order valence-electron chi connectivity index (χ1n) is 7.19. The van der Waals surface area contributed by atoms with Gasteiger partial charge >= 0.3 is 0 Å². The summed E-state index contributed by atoms with van der Waals surface area (Å²) in [6, 6.07) is 7.14. The fraction of sp³-hybridized carbons (Fsp3) is 0.0588. The first-order chi connectivity index (χ1) is 12.2. The molecule has 2 aromatic carbocycles. The van der Waals surface area contributed by atoms with E-state index in [9.17, 15) is 12.8 Å². The molecular weight excluding hydrogens is 440 g/mol. The van der Waals surface area contributed by atoms with Crippen LogP contribution in [0.3, 0.4) is 0 Å². The Labute approximate surface area is 169 Å². The summed E-state index contributed by atoms with van der Waals surface area (Å²) in [5.74, 6) is -0.544. The highest BCUT2D eigenvalue weighted by molar-refractivity contribution is 7.93. The quantitative estimate of drug-likeness (QED) is 0.485. The molecule has 0 aliphatic carbocycles. The lowest BCUT2D eigenvalue weighted by molar-refractivity contribution is 0.600. The maximum absolute atomic E-state index is 14.2. The Morgan fingerprint density at radius 2 is 1.81 bits per heavy atom. The highest BCUT2D eigenvalue weighted by Crippen LogP contribution is 2.39. The number of sulfonamides is 1. The molecular formula is C17H11Cl3FNO2S2. The first-order valence-corrected chi connectivity index (χ1v) is 10.8. The van der Waals surface area contributed by atoms with Gasteiger partial charge in [-0.05, 0) is 36.8 Å². The Kier molecular flexibility index (Phi) is 5.51. The van der Waals surface area contributed by atoms with Gasteiger partial charge in [-0.3, -0.25) is 4.72 Å². The van der Waals surface area contributed by atoms with Gasteiger partial charge in [0.15, 0.2) is 0 Å². The van der Waals surface area contributed by atoms with E-state index in [1.165, 1.54) is 41.7 Å². The third-order valence-electron chi connectivity index (χ3n) is 3.60. The molecule has 136 valence electrons. The first kappa shape index (κ1) is 19.5. The molecule has 1 aromatic heterocycles. The molecule has 9 heteroatoms. The Morgan fingerprint density at radius 3 is 2.46 bits per heavy atom. The molecule has 26 heavy (non-hydrogen) atoms. The number of aryl methyl sites for hydroxylation is 1. The summed E-state index contributed by atoms with van der Waals surface area (Å²) in [6.45, 7) is 1.59. The number of benzene rings is 2. The summed E-state index contributed by atoms with van der Waals surface area (Å²) in [5.41, 5.74) is 1.10. The normalized spacial score (nSPS) is 11.6. The molecule has 3 nitrogen and oxygen atoms in total. The Balaban J connectivity index is 2.08. The summed E-state index contributed by atoms with van der Waals surface area (Å²) >= 11 is 19.3. The van der Waals surface area contributed by atoms with Crippen LogP contribution in [0.4, 0.5) is 10.1 Å². The predicted molar refractivity (Wildman–Crippen MR) is 107 cm³/mol. The maximum atomic E-state index is 14.2. The average molecular weight is 451 g/mol. The Morgan fingerprint density at radius 1 is 1.08 bits per heavy atom. The third-order valence-corrected chi connectivity index (χ3v) is 6.86. The van der Waals surface area contributed by atoms with Crippen molar-refractivity contribution in [3.8, 4) is 11.1 Å². The van der Waals surface area contributed by atoms with Crippen LogP contribution in [0.25, 0.3) is 11.1 Å². The second kappa shape index (κ2) is 7.37. The van der Waals surface area contributed by atoms with Crippen LogP contribution in [0.15, 0.2) is 46.0 Å². The summed E-state index contributed by atoms with van der Waals surface area (Å²) in [4.78, 5) is -0.0830. The van der Waals surface area contributed by atoms with Crippen molar-refractivity contribution in [3.05, 3.63) is 67.5 Å². The third kappa shape index (κ3) is 3.70. The summed E-state index contributed by atoms with van der Waals surface area (Å²) < 4.78 is 42.4. The van der Waals surface area contributed by atoms with Gasteiger partial charge in [0.2, 0.25) is 0 Å². The van der Waals surface area contributed by atoms with Crippen LogP contribution in [0.5, 0.6) is 0 Å². The van der Waals surface area contributed by atoms with Gasteiger partial charge in [0.05, 0.1) is 15.7 Å². The number of hydrogen-bond donors (Lipinski definition) is 1. The molecule has 0 atom stereocenters. The number of thiophene rings is 1. The Hall–Kier alpha value is -1.31. The van der Waals surface area contributed by atoms with Crippen LogP contribution in [0.1, 0.15) is 5.56 Å². The minimum atomic E-state index is -4.02. The Bertz CT molecular complexity index is 1050. The molecule has 0 aliphatic heterocycles. The molecule has 3 aromatic rings. The molecule has 1 N–H and O–H groups in total. The van der Waals surface area contributed by atoms with Crippen LogP contribution < -0.4 is 4.72 Å². The van der Waals surface area contributed by atoms with Gasteiger partial charge in [-0.25, -0.2) is 12.8 Å². The SMILES string of the molecule is Cc1cc(Cl)cc(Cl)c1S(=O)(=O)Nc1cscc1-c1c(F)cccc1Cl. The number of anilines is 1. The molecule has 0 saturated heterocycles. The molecule has 1 heterocycles. The van der Waals surface area contributed by atoms with E-state index in [-0.39, 0.29) is 26.2 Å². The zero-order chi connectivity index (χ0) is 19.1. The number of hydrogen-bond acceptors (Lipinski definition) is 3. The molecule has 0 bridgehead atoms. The lowest BCUT2D eigenvalue weighted by atomic mass is 10.1. The van der Waals surface area contributed by atoms with Gasteiger partial charge in [0, 0.05) is 26.9 Å². The monoisotopic (exact) mass is 449 g/mol. The van der Waals surface area contributed by atoms with Gasteiger partial charge in [-0.1, -0.05) is 40.9 Å². The van der Waals surface area contributed by atoms with Crippen LogP contribution in [-0.2, 0) is 10.0 Å². The molecule has 0 saturated carbocycles. The van der Waals surface area contributed by atoms with Gasteiger partial charge in [0.25, 0.3) is 10.0 Å². The van der Waals surface area contributed by atoms with Crippen molar-refractivity contribution in [1.29, 1.82) is 0 Å². The number of rotatable bonds is 4. The highest BCUT2D eigenvalue weighted by atomic mass is 35.5. The van der Waals surface area contributed by atoms with E-state index in [1.54, 1.807) is 17.7 Å². The van der Waals surface area contributed by atoms with Crippen molar-refractivity contribution in [3.63, 3.8) is 0 Å². The zero-order valence-corrected chi connectivity index (χ0v) is 17.1. The standard InChI is InChI=1S/C17H11Cl3FNO2S2/c1-9-5-10(18)6-13(20)17(9)26(23,24)22-15-8-25-7-11(15)16-12(19)3-2-4-14(16)21/h2-8,22H,1H3. The van der Waals surface area contributed by atoms with Gasteiger partial charge < -0.3 is 0 Å². The van der Waals surface area contributed by atoms with Gasteiger partial charge in [-0.2, -0.15) is 0 Å². The summed E-state index contributed by atoms with van der Waals surface area (Å²) in [6.07, 6.45) is 0. The van der Waals surface area contributed by atoms with Crippen LogP contribution in [0, 0.1) is 12.7 Å². The molecule has 0 aliphatic rings. The van der Waals surface area contributed by atoms with Crippen LogP contribution in [-0.4, -0.2) is 8.42 Å². The number of nitrogens with one attached hydrogen (secondary N) is 1. The van der Waals surface area contributed by atoms with E-state index in [0.717, 1.165) is 0 Å². The van der Waals surface area contributed by atoms with Crippen molar-refractivity contribution < 1.29 is 12.8 Å². The molecule has 0 spiro atoms. The van der Waals surface area contributed by atoms with E-state index in [1.807, 2.05) is 0 Å². The van der Waals surface area contributed by atoms with Crippen molar-refractivity contribution in [2.24, 2.45) is 0 Å². The summed E-state index contributed by atoms with van der Waals surface area (Å²) in [7, 11) is -4.02. The molecule has 0 fully saturated rings. The van der Waals surface area contributed by atoms with E-state index in [4.69, 9.17) is 34.8 Å². The lowest BCUT2D eigenvalue weighted by Crippen LogP contribution is -2.15. The van der Waals surface area contributed by atoms with E-state index in [0.29, 0.717) is 16.1 Å². The van der Waals surface area contributed by atoms with Gasteiger partial charge in [-0.15, -0.1) is 11.3 Å². The van der Waals surface area contributed by atoms with Crippen molar-refractivity contribution >= 4 is 61.9 Å². The minimum absolute atomic E-state index is 0.00297. The molecule has 0 unspecified atom stereocenters.